The Hall–Kier alpha value is -2.40. The zero-order chi connectivity index (χ0) is 17.1. The van der Waals surface area contributed by atoms with Gasteiger partial charge in [-0.05, 0) is 50.1 Å². The van der Waals surface area contributed by atoms with Gasteiger partial charge in [-0.25, -0.2) is 0 Å². The second kappa shape index (κ2) is 7.01. The number of thioether (sulfide) groups is 1. The highest BCUT2D eigenvalue weighted by Gasteiger charge is 2.20. The fourth-order valence-corrected chi connectivity index (χ4v) is 3.33. The smallest absolute Gasteiger partial charge is 0.196 e. The maximum absolute atomic E-state index is 12.7. The molecule has 1 unspecified atom stereocenters. The third-order valence-corrected chi connectivity index (χ3v) is 5.05. The molecule has 0 amide bonds. The van der Waals surface area contributed by atoms with E-state index >= 15 is 0 Å². The molecule has 24 heavy (non-hydrogen) atoms. The van der Waals surface area contributed by atoms with E-state index in [1.54, 1.807) is 6.33 Å². The standard InChI is InChI=1S/C19H19N3OS/c1-13-9-10-16(11-14(13)2)18(23)15(3)24-19-21-20-12-22(19)17-7-5-4-6-8-17/h4-12,15H,1-3H3. The van der Waals surface area contributed by atoms with Gasteiger partial charge in [-0.15, -0.1) is 10.2 Å². The van der Waals surface area contributed by atoms with Crippen LogP contribution in [0.2, 0.25) is 0 Å². The number of carbonyl (C=O) groups is 1. The number of aromatic nitrogens is 3. The first-order chi connectivity index (χ1) is 11.6. The van der Waals surface area contributed by atoms with Crippen LogP contribution in [0.5, 0.6) is 0 Å². The van der Waals surface area contributed by atoms with Crippen molar-refractivity contribution in [2.75, 3.05) is 0 Å². The Morgan fingerprint density at radius 1 is 1.08 bits per heavy atom. The second-order valence-corrected chi connectivity index (χ2v) is 7.05. The number of hydrogen-bond acceptors (Lipinski definition) is 4. The van der Waals surface area contributed by atoms with Crippen LogP contribution in [0.1, 0.15) is 28.4 Å². The second-order valence-electron chi connectivity index (χ2n) is 5.74. The van der Waals surface area contributed by atoms with E-state index in [4.69, 9.17) is 0 Å². The fourth-order valence-electron chi connectivity index (χ4n) is 2.41. The van der Waals surface area contributed by atoms with Crippen molar-refractivity contribution in [1.82, 2.24) is 14.8 Å². The SMILES string of the molecule is Cc1ccc(C(=O)C(C)Sc2nncn2-c2ccccc2)cc1C. The average molecular weight is 337 g/mol. The van der Waals surface area contributed by atoms with E-state index in [1.807, 2.05) is 73.9 Å². The van der Waals surface area contributed by atoms with Crippen LogP contribution in [0.3, 0.4) is 0 Å². The number of para-hydroxylation sites is 1. The molecule has 1 heterocycles. The maximum atomic E-state index is 12.7. The van der Waals surface area contributed by atoms with Crippen molar-refractivity contribution in [1.29, 1.82) is 0 Å². The van der Waals surface area contributed by atoms with E-state index in [0.29, 0.717) is 5.16 Å². The summed E-state index contributed by atoms with van der Waals surface area (Å²) in [5, 5.41) is 8.63. The minimum absolute atomic E-state index is 0.103. The molecule has 0 radical (unpaired) electrons. The first-order valence-electron chi connectivity index (χ1n) is 7.80. The Morgan fingerprint density at radius 2 is 1.83 bits per heavy atom. The molecule has 3 aromatic rings. The van der Waals surface area contributed by atoms with Crippen molar-refractivity contribution in [2.45, 2.75) is 31.2 Å². The van der Waals surface area contributed by atoms with E-state index in [0.717, 1.165) is 16.8 Å². The van der Waals surface area contributed by atoms with Crippen molar-refractivity contribution in [3.63, 3.8) is 0 Å². The molecule has 0 saturated heterocycles. The van der Waals surface area contributed by atoms with Gasteiger partial charge in [0.25, 0.3) is 0 Å². The van der Waals surface area contributed by atoms with Gasteiger partial charge < -0.3 is 0 Å². The highest BCUT2D eigenvalue weighted by atomic mass is 32.2. The van der Waals surface area contributed by atoms with Crippen molar-refractivity contribution >= 4 is 17.5 Å². The first-order valence-corrected chi connectivity index (χ1v) is 8.68. The van der Waals surface area contributed by atoms with E-state index in [1.165, 1.54) is 17.3 Å². The van der Waals surface area contributed by atoms with Crippen molar-refractivity contribution in [3.8, 4) is 5.69 Å². The summed E-state index contributed by atoms with van der Waals surface area (Å²) in [6, 6.07) is 15.7. The summed E-state index contributed by atoms with van der Waals surface area (Å²) in [5.74, 6) is 0.103. The molecule has 0 aliphatic heterocycles. The molecule has 2 aromatic carbocycles. The quantitative estimate of drug-likeness (QED) is 0.516. The van der Waals surface area contributed by atoms with Gasteiger partial charge in [0.1, 0.15) is 6.33 Å². The van der Waals surface area contributed by atoms with Crippen molar-refractivity contribution in [3.05, 3.63) is 71.5 Å². The Labute approximate surface area is 145 Å². The zero-order valence-electron chi connectivity index (χ0n) is 13.9. The minimum atomic E-state index is -0.237. The number of rotatable bonds is 5. The van der Waals surface area contributed by atoms with E-state index < -0.39 is 0 Å². The molecular weight excluding hydrogens is 318 g/mol. The molecule has 0 saturated carbocycles. The number of hydrogen-bond donors (Lipinski definition) is 0. The topological polar surface area (TPSA) is 47.8 Å². The molecule has 1 aromatic heterocycles. The molecule has 4 nitrogen and oxygen atoms in total. The van der Waals surface area contributed by atoms with Gasteiger partial charge in [0.05, 0.1) is 5.25 Å². The van der Waals surface area contributed by atoms with Gasteiger partial charge >= 0.3 is 0 Å². The lowest BCUT2D eigenvalue weighted by molar-refractivity contribution is 0.0993. The summed E-state index contributed by atoms with van der Waals surface area (Å²) in [7, 11) is 0. The summed E-state index contributed by atoms with van der Waals surface area (Å²) in [4.78, 5) is 12.7. The van der Waals surface area contributed by atoms with Crippen LogP contribution in [0.25, 0.3) is 5.69 Å². The first kappa shape index (κ1) is 16.5. The molecule has 1 atom stereocenters. The van der Waals surface area contributed by atoms with Crippen LogP contribution in [-0.2, 0) is 0 Å². The zero-order valence-corrected chi connectivity index (χ0v) is 14.7. The predicted octanol–water partition coefficient (Wildman–Crippen LogP) is 4.25. The van der Waals surface area contributed by atoms with E-state index in [2.05, 4.69) is 10.2 Å². The van der Waals surface area contributed by atoms with Crippen LogP contribution < -0.4 is 0 Å². The number of aryl methyl sites for hydroxylation is 2. The predicted molar refractivity (Wildman–Crippen MR) is 96.9 cm³/mol. The molecule has 0 bridgehead atoms. The third-order valence-electron chi connectivity index (χ3n) is 3.99. The van der Waals surface area contributed by atoms with E-state index in [-0.39, 0.29) is 11.0 Å². The number of Topliss-reactive ketones (excluding diaryl/α,β-unsaturated/α-hetero) is 1. The summed E-state index contributed by atoms with van der Waals surface area (Å²) in [6.45, 7) is 5.98. The van der Waals surface area contributed by atoms with Crippen molar-refractivity contribution in [2.24, 2.45) is 0 Å². The monoisotopic (exact) mass is 337 g/mol. The minimum Gasteiger partial charge on any atom is -0.293 e. The molecule has 122 valence electrons. The number of benzene rings is 2. The highest BCUT2D eigenvalue weighted by molar-refractivity contribution is 8.00. The Kier molecular flexibility index (Phi) is 4.81. The molecule has 0 fully saturated rings. The Morgan fingerprint density at radius 3 is 2.54 bits per heavy atom. The molecule has 3 rings (SSSR count). The molecule has 0 aliphatic carbocycles. The molecule has 0 N–H and O–H groups in total. The van der Waals surface area contributed by atoms with Crippen LogP contribution in [0.15, 0.2) is 60.0 Å². The van der Waals surface area contributed by atoms with Gasteiger partial charge in [-0.3, -0.25) is 9.36 Å². The lowest BCUT2D eigenvalue weighted by Crippen LogP contribution is -2.14. The number of ketones is 1. The lowest BCUT2D eigenvalue weighted by Gasteiger charge is -2.12. The molecule has 0 aliphatic rings. The van der Waals surface area contributed by atoms with Gasteiger partial charge in [-0.1, -0.05) is 42.1 Å². The van der Waals surface area contributed by atoms with Crippen LogP contribution in [0, 0.1) is 13.8 Å². The van der Waals surface area contributed by atoms with Crippen LogP contribution in [-0.4, -0.2) is 25.8 Å². The number of nitrogens with zero attached hydrogens (tertiary/aromatic N) is 3. The van der Waals surface area contributed by atoms with Gasteiger partial charge in [0.2, 0.25) is 0 Å². The van der Waals surface area contributed by atoms with E-state index in [9.17, 15) is 4.79 Å². The summed E-state index contributed by atoms with van der Waals surface area (Å²) < 4.78 is 1.90. The fraction of sp³-hybridized carbons (Fsp3) is 0.211. The molecular formula is C19H19N3OS. The van der Waals surface area contributed by atoms with Gasteiger partial charge in [0.15, 0.2) is 10.9 Å². The molecule has 0 spiro atoms. The third kappa shape index (κ3) is 3.41. The maximum Gasteiger partial charge on any atom is 0.196 e. The lowest BCUT2D eigenvalue weighted by atomic mass is 10.0. The Balaban J connectivity index is 1.80. The van der Waals surface area contributed by atoms with Gasteiger partial charge in [-0.2, -0.15) is 0 Å². The van der Waals surface area contributed by atoms with Crippen LogP contribution in [0.4, 0.5) is 0 Å². The number of carbonyl (C=O) groups excluding carboxylic acids is 1. The summed E-state index contributed by atoms with van der Waals surface area (Å²) in [6.07, 6.45) is 1.67. The summed E-state index contributed by atoms with van der Waals surface area (Å²) >= 11 is 1.42. The van der Waals surface area contributed by atoms with Gasteiger partial charge in [0, 0.05) is 11.3 Å². The normalized spacial score (nSPS) is 12.1. The van der Waals surface area contributed by atoms with Crippen molar-refractivity contribution < 1.29 is 4.79 Å². The Bertz CT molecular complexity index is 858. The van der Waals surface area contributed by atoms with Crippen LogP contribution >= 0.6 is 11.8 Å². The average Bonchev–Trinajstić information content (AvgIpc) is 3.05. The molecule has 5 heteroatoms. The summed E-state index contributed by atoms with van der Waals surface area (Å²) in [5.41, 5.74) is 4.04. The largest absolute Gasteiger partial charge is 0.293 e. The highest BCUT2D eigenvalue weighted by Crippen LogP contribution is 2.26.